The van der Waals surface area contributed by atoms with E-state index >= 15 is 0 Å². The van der Waals surface area contributed by atoms with Crippen molar-refractivity contribution < 1.29 is 9.90 Å². The zero-order valence-electron chi connectivity index (χ0n) is 9.74. The van der Waals surface area contributed by atoms with Crippen molar-refractivity contribution in [2.45, 2.75) is 32.2 Å². The Labute approximate surface area is 106 Å². The molecule has 0 bridgehead atoms. The Bertz CT molecular complexity index is 433. The van der Waals surface area contributed by atoms with Crippen LogP contribution in [0.25, 0.3) is 0 Å². The van der Waals surface area contributed by atoms with Crippen LogP contribution < -0.4 is 5.32 Å². The lowest BCUT2D eigenvalue weighted by atomic mass is 10.1. The molecule has 1 aliphatic carbocycles. The highest BCUT2D eigenvalue weighted by Crippen LogP contribution is 2.26. The maximum Gasteiger partial charge on any atom is 0.255 e. The molecule has 17 heavy (non-hydrogen) atoms. The average molecular weight is 254 g/mol. The number of nitrogens with one attached hydrogen (secondary N) is 1. The Morgan fingerprint density at radius 1 is 1.47 bits per heavy atom. The van der Waals surface area contributed by atoms with Gasteiger partial charge in [-0.05, 0) is 43.4 Å². The number of rotatable bonds is 2. The van der Waals surface area contributed by atoms with Gasteiger partial charge in [0.05, 0.1) is 5.56 Å². The van der Waals surface area contributed by atoms with Gasteiger partial charge in [0.15, 0.2) is 0 Å². The standard InChI is InChI=1S/C13H16ClNO2/c1-8-2-4-10(6-8)15-13(17)11-5-3-9(14)7-12(11)16/h3,5,7-8,10,16H,2,4,6H2,1H3,(H,15,17). The fourth-order valence-corrected chi connectivity index (χ4v) is 2.46. The third-order valence-electron chi connectivity index (χ3n) is 3.23. The van der Waals surface area contributed by atoms with Crippen molar-refractivity contribution >= 4 is 17.5 Å². The molecule has 1 amide bonds. The van der Waals surface area contributed by atoms with E-state index in [-0.39, 0.29) is 23.3 Å². The molecular formula is C13H16ClNO2. The molecule has 0 aliphatic heterocycles. The molecule has 0 aromatic heterocycles. The molecular weight excluding hydrogens is 238 g/mol. The van der Waals surface area contributed by atoms with Gasteiger partial charge in [-0.1, -0.05) is 18.5 Å². The number of carbonyl (C=O) groups is 1. The summed E-state index contributed by atoms with van der Waals surface area (Å²) in [6.45, 7) is 2.19. The van der Waals surface area contributed by atoms with E-state index in [1.165, 1.54) is 6.07 Å². The van der Waals surface area contributed by atoms with Crippen LogP contribution in [0.4, 0.5) is 0 Å². The van der Waals surface area contributed by atoms with Crippen molar-refractivity contribution in [2.75, 3.05) is 0 Å². The highest BCUT2D eigenvalue weighted by molar-refractivity contribution is 6.30. The summed E-state index contributed by atoms with van der Waals surface area (Å²) in [5.41, 5.74) is 0.286. The lowest BCUT2D eigenvalue weighted by molar-refractivity contribution is 0.0934. The number of aromatic hydroxyl groups is 1. The minimum absolute atomic E-state index is 0.0685. The maximum absolute atomic E-state index is 11.9. The van der Waals surface area contributed by atoms with Gasteiger partial charge >= 0.3 is 0 Å². The minimum atomic E-state index is -0.224. The molecule has 0 heterocycles. The molecule has 3 nitrogen and oxygen atoms in total. The highest BCUT2D eigenvalue weighted by Gasteiger charge is 2.23. The first-order valence-electron chi connectivity index (χ1n) is 5.85. The third-order valence-corrected chi connectivity index (χ3v) is 3.47. The minimum Gasteiger partial charge on any atom is -0.507 e. The second-order valence-electron chi connectivity index (χ2n) is 4.75. The number of phenolic OH excluding ortho intramolecular Hbond substituents is 1. The lowest BCUT2D eigenvalue weighted by Crippen LogP contribution is -2.32. The number of phenols is 1. The predicted octanol–water partition coefficient (Wildman–Crippen LogP) is 2.96. The predicted molar refractivity (Wildman–Crippen MR) is 67.4 cm³/mol. The smallest absolute Gasteiger partial charge is 0.255 e. The van der Waals surface area contributed by atoms with E-state index < -0.39 is 0 Å². The summed E-state index contributed by atoms with van der Waals surface area (Å²) in [5, 5.41) is 13.0. The monoisotopic (exact) mass is 253 g/mol. The summed E-state index contributed by atoms with van der Waals surface area (Å²) < 4.78 is 0. The molecule has 1 aromatic carbocycles. The van der Waals surface area contributed by atoms with E-state index in [4.69, 9.17) is 11.6 Å². The fourth-order valence-electron chi connectivity index (χ4n) is 2.30. The van der Waals surface area contributed by atoms with Gasteiger partial charge in [-0.2, -0.15) is 0 Å². The quantitative estimate of drug-likeness (QED) is 0.851. The van der Waals surface area contributed by atoms with Gasteiger partial charge in [0.1, 0.15) is 5.75 Å². The Kier molecular flexibility index (Phi) is 3.57. The molecule has 4 heteroatoms. The normalized spacial score (nSPS) is 23.6. The van der Waals surface area contributed by atoms with Crippen LogP contribution in [0.5, 0.6) is 5.75 Å². The fraction of sp³-hybridized carbons (Fsp3) is 0.462. The van der Waals surface area contributed by atoms with E-state index in [1.807, 2.05) is 0 Å². The van der Waals surface area contributed by atoms with Crippen LogP contribution in [-0.4, -0.2) is 17.1 Å². The van der Waals surface area contributed by atoms with Gasteiger partial charge in [0, 0.05) is 11.1 Å². The van der Waals surface area contributed by atoms with Crippen LogP contribution in [0, 0.1) is 5.92 Å². The van der Waals surface area contributed by atoms with Crippen molar-refractivity contribution in [1.29, 1.82) is 0 Å². The van der Waals surface area contributed by atoms with E-state index in [9.17, 15) is 9.90 Å². The number of carbonyl (C=O) groups excluding carboxylic acids is 1. The highest BCUT2D eigenvalue weighted by atomic mass is 35.5. The van der Waals surface area contributed by atoms with Crippen LogP contribution in [0.3, 0.4) is 0 Å². The molecule has 1 aromatic rings. The van der Waals surface area contributed by atoms with Gasteiger partial charge in [-0.3, -0.25) is 4.79 Å². The Hall–Kier alpha value is -1.22. The lowest BCUT2D eigenvalue weighted by Gasteiger charge is -2.13. The molecule has 0 spiro atoms. The van der Waals surface area contributed by atoms with Crippen LogP contribution in [0.1, 0.15) is 36.5 Å². The first kappa shape index (κ1) is 12.2. The van der Waals surface area contributed by atoms with Crippen molar-refractivity contribution in [1.82, 2.24) is 5.32 Å². The van der Waals surface area contributed by atoms with E-state index in [2.05, 4.69) is 12.2 Å². The first-order valence-corrected chi connectivity index (χ1v) is 6.23. The molecule has 2 atom stereocenters. The summed E-state index contributed by atoms with van der Waals surface area (Å²) in [7, 11) is 0. The zero-order valence-corrected chi connectivity index (χ0v) is 10.5. The molecule has 2 unspecified atom stereocenters. The number of halogens is 1. The first-order chi connectivity index (χ1) is 8.06. The molecule has 0 radical (unpaired) electrons. The molecule has 1 aliphatic rings. The third kappa shape index (κ3) is 2.91. The van der Waals surface area contributed by atoms with E-state index in [0.717, 1.165) is 19.3 Å². The van der Waals surface area contributed by atoms with Crippen molar-refractivity contribution in [2.24, 2.45) is 5.92 Å². The maximum atomic E-state index is 11.9. The second kappa shape index (κ2) is 4.96. The summed E-state index contributed by atoms with van der Waals surface area (Å²) >= 11 is 5.72. The molecule has 1 saturated carbocycles. The molecule has 2 rings (SSSR count). The summed E-state index contributed by atoms with van der Waals surface area (Å²) in [4.78, 5) is 11.9. The topological polar surface area (TPSA) is 49.3 Å². The Morgan fingerprint density at radius 2 is 2.24 bits per heavy atom. The largest absolute Gasteiger partial charge is 0.507 e. The average Bonchev–Trinajstić information content (AvgIpc) is 2.63. The summed E-state index contributed by atoms with van der Waals surface area (Å²) in [6.07, 6.45) is 3.18. The van der Waals surface area contributed by atoms with Crippen LogP contribution in [-0.2, 0) is 0 Å². The molecule has 1 fully saturated rings. The molecule has 0 saturated heterocycles. The van der Waals surface area contributed by atoms with Gasteiger partial charge < -0.3 is 10.4 Å². The Balaban J connectivity index is 2.04. The number of hydrogen-bond acceptors (Lipinski definition) is 2. The van der Waals surface area contributed by atoms with E-state index in [1.54, 1.807) is 12.1 Å². The van der Waals surface area contributed by atoms with Gasteiger partial charge in [-0.15, -0.1) is 0 Å². The zero-order chi connectivity index (χ0) is 12.4. The van der Waals surface area contributed by atoms with Gasteiger partial charge in [-0.25, -0.2) is 0 Å². The SMILES string of the molecule is CC1CCC(NC(=O)c2ccc(Cl)cc2O)C1. The van der Waals surface area contributed by atoms with Gasteiger partial charge in [0.2, 0.25) is 0 Å². The number of hydrogen-bond donors (Lipinski definition) is 2. The van der Waals surface area contributed by atoms with Crippen LogP contribution in [0.15, 0.2) is 18.2 Å². The van der Waals surface area contributed by atoms with Crippen LogP contribution in [0.2, 0.25) is 5.02 Å². The molecule has 2 N–H and O–H groups in total. The van der Waals surface area contributed by atoms with Crippen molar-refractivity contribution in [3.8, 4) is 5.75 Å². The van der Waals surface area contributed by atoms with Crippen molar-refractivity contribution in [3.05, 3.63) is 28.8 Å². The summed E-state index contributed by atoms with van der Waals surface area (Å²) in [5.74, 6) is 0.374. The Morgan fingerprint density at radius 3 is 2.82 bits per heavy atom. The second-order valence-corrected chi connectivity index (χ2v) is 5.19. The van der Waals surface area contributed by atoms with Gasteiger partial charge in [0.25, 0.3) is 5.91 Å². The number of benzene rings is 1. The number of amides is 1. The van der Waals surface area contributed by atoms with Crippen LogP contribution >= 0.6 is 11.6 Å². The van der Waals surface area contributed by atoms with E-state index in [0.29, 0.717) is 10.9 Å². The molecule has 92 valence electrons. The summed E-state index contributed by atoms with van der Waals surface area (Å²) in [6, 6.07) is 4.76. The van der Waals surface area contributed by atoms with Crippen molar-refractivity contribution in [3.63, 3.8) is 0 Å².